The average molecular weight is 555 g/mol. The first-order chi connectivity index (χ1) is 18.6. The minimum Gasteiger partial charge on any atom is -0.424 e. The highest BCUT2D eigenvalue weighted by Gasteiger charge is 2.56. The van der Waals surface area contributed by atoms with E-state index in [1.807, 2.05) is 44.2 Å². The van der Waals surface area contributed by atoms with Gasteiger partial charge in [0.15, 0.2) is 0 Å². The number of alkyl carbamates (subject to hydrolysis) is 1. The van der Waals surface area contributed by atoms with Crippen LogP contribution >= 0.6 is 0 Å². The van der Waals surface area contributed by atoms with Gasteiger partial charge in [-0.1, -0.05) is 30.3 Å². The van der Waals surface area contributed by atoms with Gasteiger partial charge in [-0.25, -0.2) is 9.59 Å². The second kappa shape index (κ2) is 15.3. The lowest BCUT2D eigenvalue weighted by atomic mass is 10.1. The standard InChI is InChI=1S/C24H34N4O11/c1-4-26(5-2)22(29)21-18(20(21)17-11-7-6-8-12-17)15-25-24(31)38-16(3)37-23(30)19(39-28(34)35)13-9-10-14-36-27(32)33/h6-8,11-12,16,18-21H,4-5,9-10,13-15H2,1-3H3,(H,25,31)/t16?,18-,19?,20?,21-/m0/s1. The molecule has 0 aliphatic heterocycles. The van der Waals surface area contributed by atoms with Crippen molar-refractivity contribution < 1.29 is 43.7 Å². The summed E-state index contributed by atoms with van der Waals surface area (Å²) >= 11 is 0. The first-order valence-electron chi connectivity index (χ1n) is 12.7. The monoisotopic (exact) mass is 554 g/mol. The van der Waals surface area contributed by atoms with Gasteiger partial charge in [-0.3, -0.25) is 9.63 Å². The Bertz CT molecular complexity index is 990. The number of carbonyl (C=O) groups excluding carboxylic acids is 3. The van der Waals surface area contributed by atoms with Crippen LogP contribution < -0.4 is 5.32 Å². The van der Waals surface area contributed by atoms with E-state index in [-0.39, 0.29) is 56.1 Å². The summed E-state index contributed by atoms with van der Waals surface area (Å²) < 4.78 is 10.0. The van der Waals surface area contributed by atoms with Gasteiger partial charge in [-0.15, -0.1) is 20.2 Å². The van der Waals surface area contributed by atoms with Gasteiger partial charge in [0.05, 0.1) is 12.5 Å². The molecule has 39 heavy (non-hydrogen) atoms. The first kappa shape index (κ1) is 31.1. The number of nitrogens with one attached hydrogen (secondary N) is 1. The Balaban J connectivity index is 1.87. The number of hydrogen-bond donors (Lipinski definition) is 1. The molecule has 1 aliphatic carbocycles. The summed E-state index contributed by atoms with van der Waals surface area (Å²) in [7, 11) is 0. The van der Waals surface area contributed by atoms with E-state index in [0.717, 1.165) is 5.56 Å². The van der Waals surface area contributed by atoms with Gasteiger partial charge < -0.3 is 24.5 Å². The lowest BCUT2D eigenvalue weighted by Gasteiger charge is -2.19. The number of nitrogens with zero attached hydrogens (tertiary/aromatic N) is 3. The molecule has 2 rings (SSSR count). The predicted molar refractivity (Wildman–Crippen MR) is 133 cm³/mol. The Labute approximate surface area is 224 Å². The highest BCUT2D eigenvalue weighted by molar-refractivity contribution is 5.84. The molecule has 0 aromatic heterocycles. The molecule has 0 bridgehead atoms. The second-order valence-electron chi connectivity index (χ2n) is 8.80. The molecule has 0 heterocycles. The van der Waals surface area contributed by atoms with Crippen LogP contribution in [-0.4, -0.2) is 71.7 Å². The Morgan fingerprint density at radius 3 is 2.28 bits per heavy atom. The summed E-state index contributed by atoms with van der Waals surface area (Å²) in [4.78, 5) is 68.8. The van der Waals surface area contributed by atoms with E-state index in [4.69, 9.17) is 9.47 Å². The van der Waals surface area contributed by atoms with E-state index >= 15 is 0 Å². The molecule has 1 fully saturated rings. The normalized spacial score (nSPS) is 19.1. The molecule has 1 N–H and O–H groups in total. The average Bonchev–Trinajstić information content (AvgIpc) is 3.61. The van der Waals surface area contributed by atoms with Crippen LogP contribution in [0.2, 0.25) is 0 Å². The van der Waals surface area contributed by atoms with E-state index in [1.54, 1.807) is 4.90 Å². The van der Waals surface area contributed by atoms with Crippen molar-refractivity contribution in [1.82, 2.24) is 10.2 Å². The molecule has 3 unspecified atom stereocenters. The van der Waals surface area contributed by atoms with Gasteiger partial charge >= 0.3 is 12.1 Å². The molecule has 15 heteroatoms. The summed E-state index contributed by atoms with van der Waals surface area (Å²) in [6, 6.07) is 9.53. The van der Waals surface area contributed by atoms with Crippen LogP contribution in [0.25, 0.3) is 0 Å². The van der Waals surface area contributed by atoms with Crippen molar-refractivity contribution in [3.05, 3.63) is 56.1 Å². The number of amides is 2. The van der Waals surface area contributed by atoms with E-state index in [9.17, 15) is 34.6 Å². The largest absolute Gasteiger partial charge is 0.424 e. The molecule has 1 aromatic carbocycles. The van der Waals surface area contributed by atoms with E-state index in [2.05, 4.69) is 15.0 Å². The Kier molecular flexibility index (Phi) is 12.2. The second-order valence-corrected chi connectivity index (χ2v) is 8.80. The van der Waals surface area contributed by atoms with Crippen molar-refractivity contribution >= 4 is 18.0 Å². The van der Waals surface area contributed by atoms with Crippen LogP contribution in [0.1, 0.15) is 51.5 Å². The van der Waals surface area contributed by atoms with Crippen LogP contribution in [-0.2, 0) is 28.7 Å². The summed E-state index contributed by atoms with van der Waals surface area (Å²) in [5.41, 5.74) is 0.993. The summed E-state index contributed by atoms with van der Waals surface area (Å²) in [5, 5.41) is 21.4. The number of benzene rings is 1. The predicted octanol–water partition coefficient (Wildman–Crippen LogP) is 2.46. The van der Waals surface area contributed by atoms with Gasteiger partial charge in [-0.2, -0.15) is 0 Å². The van der Waals surface area contributed by atoms with Gasteiger partial charge in [0.1, 0.15) is 0 Å². The number of rotatable bonds is 17. The molecule has 0 radical (unpaired) electrons. The third-order valence-electron chi connectivity index (χ3n) is 6.28. The summed E-state index contributed by atoms with van der Waals surface area (Å²) in [6.07, 6.45) is -3.81. The number of esters is 1. The third-order valence-corrected chi connectivity index (χ3v) is 6.28. The molecule has 2 amide bonds. The van der Waals surface area contributed by atoms with Crippen molar-refractivity contribution in [2.45, 2.75) is 58.3 Å². The maximum absolute atomic E-state index is 13.0. The molecule has 216 valence electrons. The molecule has 5 atom stereocenters. The maximum atomic E-state index is 13.0. The number of hydrogen-bond acceptors (Lipinski definition) is 11. The molecular weight excluding hydrogens is 520 g/mol. The summed E-state index contributed by atoms with van der Waals surface area (Å²) in [5.74, 6) is -1.64. The van der Waals surface area contributed by atoms with Gasteiger partial charge in [0.2, 0.25) is 18.3 Å². The zero-order valence-corrected chi connectivity index (χ0v) is 22.1. The van der Waals surface area contributed by atoms with E-state index in [1.165, 1.54) is 6.92 Å². The molecular formula is C24H34N4O11. The highest BCUT2D eigenvalue weighted by atomic mass is 17.0. The van der Waals surface area contributed by atoms with Crippen LogP contribution in [0.3, 0.4) is 0 Å². The Morgan fingerprint density at radius 1 is 1.03 bits per heavy atom. The molecule has 1 aliphatic rings. The zero-order valence-electron chi connectivity index (χ0n) is 22.1. The van der Waals surface area contributed by atoms with Gasteiger partial charge in [0, 0.05) is 32.5 Å². The zero-order chi connectivity index (χ0) is 28.9. The Hall–Kier alpha value is -4.17. The number of carbonyl (C=O) groups is 3. The maximum Gasteiger partial charge on any atom is 0.410 e. The first-order valence-corrected chi connectivity index (χ1v) is 12.7. The summed E-state index contributed by atoms with van der Waals surface area (Å²) in [6.45, 7) is 6.11. The van der Waals surface area contributed by atoms with Crippen LogP contribution in [0.4, 0.5) is 4.79 Å². The molecule has 15 nitrogen and oxygen atoms in total. The van der Waals surface area contributed by atoms with Gasteiger partial charge in [-0.05, 0) is 44.6 Å². The lowest BCUT2D eigenvalue weighted by Crippen LogP contribution is -2.36. The minimum atomic E-state index is -1.62. The van der Waals surface area contributed by atoms with Gasteiger partial charge in [0.25, 0.3) is 10.2 Å². The Morgan fingerprint density at radius 2 is 1.69 bits per heavy atom. The third kappa shape index (κ3) is 9.90. The fraction of sp³-hybridized carbons (Fsp3) is 0.625. The van der Waals surface area contributed by atoms with Crippen LogP contribution in [0.5, 0.6) is 0 Å². The number of unbranched alkanes of at least 4 members (excludes halogenated alkanes) is 1. The fourth-order valence-electron chi connectivity index (χ4n) is 4.39. The van der Waals surface area contributed by atoms with E-state index in [0.29, 0.717) is 13.1 Å². The smallest absolute Gasteiger partial charge is 0.410 e. The molecule has 0 spiro atoms. The minimum absolute atomic E-state index is 0.0121. The van der Waals surface area contributed by atoms with E-state index < -0.39 is 34.6 Å². The molecule has 1 aromatic rings. The SMILES string of the molecule is CCN(CC)C(=O)[C@@H]1C(c2ccccc2)[C@@H]1CNC(=O)OC(C)OC(=O)C(CCCCO[N+](=O)[O-])O[N+](=O)[O-]. The molecule has 1 saturated carbocycles. The quantitative estimate of drug-likeness (QED) is 0.0978. The fourth-order valence-corrected chi connectivity index (χ4v) is 4.39. The van der Waals surface area contributed by atoms with Crippen molar-refractivity contribution in [2.75, 3.05) is 26.2 Å². The van der Waals surface area contributed by atoms with Crippen molar-refractivity contribution in [3.8, 4) is 0 Å². The molecule has 0 saturated heterocycles. The lowest BCUT2D eigenvalue weighted by molar-refractivity contribution is -0.765. The van der Waals surface area contributed by atoms with Crippen LogP contribution in [0, 0.1) is 32.1 Å². The topological polar surface area (TPSA) is 190 Å². The highest BCUT2D eigenvalue weighted by Crippen LogP contribution is 2.54. The number of ether oxygens (including phenoxy) is 2. The van der Waals surface area contributed by atoms with Crippen LogP contribution in [0.15, 0.2) is 30.3 Å². The van der Waals surface area contributed by atoms with Crippen molar-refractivity contribution in [3.63, 3.8) is 0 Å². The van der Waals surface area contributed by atoms with Crippen molar-refractivity contribution in [1.29, 1.82) is 0 Å². The van der Waals surface area contributed by atoms with Crippen molar-refractivity contribution in [2.24, 2.45) is 11.8 Å².